The maximum atomic E-state index is 12.6. The molecule has 0 bridgehead atoms. The first kappa shape index (κ1) is 23.3. The van der Waals surface area contributed by atoms with E-state index in [0.29, 0.717) is 30.0 Å². The Labute approximate surface area is 199 Å². The molecule has 0 spiro atoms. The summed E-state index contributed by atoms with van der Waals surface area (Å²) in [5, 5.41) is 24.3. The molecule has 1 unspecified atom stereocenters. The third-order valence-electron chi connectivity index (χ3n) is 5.22. The number of nitrogens with zero attached hydrogens (tertiary/aromatic N) is 2. The van der Waals surface area contributed by atoms with Crippen molar-refractivity contribution >= 4 is 46.1 Å². The molecule has 2 aliphatic heterocycles. The number of hydrazone groups is 1. The molecule has 34 heavy (non-hydrogen) atoms. The summed E-state index contributed by atoms with van der Waals surface area (Å²) < 4.78 is 10.7. The summed E-state index contributed by atoms with van der Waals surface area (Å²) >= 11 is 0.948. The summed E-state index contributed by atoms with van der Waals surface area (Å²) in [7, 11) is 0. The SMILES string of the molecule is C/C(CCc1ccc2c(c1)OCO2)=N\N1C(=N)SC(C(=O)Nc2ccc(C(=O)O)cc2)CC1=O. The molecule has 11 heteroatoms. The number of carbonyl (C=O) groups is 3. The number of amides is 2. The van der Waals surface area contributed by atoms with Crippen molar-refractivity contribution in [3.8, 4) is 11.5 Å². The number of thioether (sulfide) groups is 1. The highest BCUT2D eigenvalue weighted by Gasteiger charge is 2.35. The van der Waals surface area contributed by atoms with E-state index in [2.05, 4.69) is 10.4 Å². The van der Waals surface area contributed by atoms with Crippen LogP contribution >= 0.6 is 11.8 Å². The maximum absolute atomic E-state index is 12.6. The first-order valence-corrected chi connectivity index (χ1v) is 11.3. The molecule has 3 N–H and O–H groups in total. The predicted molar refractivity (Wildman–Crippen MR) is 127 cm³/mol. The zero-order valence-electron chi connectivity index (χ0n) is 18.2. The largest absolute Gasteiger partial charge is 0.478 e. The van der Waals surface area contributed by atoms with Crippen LogP contribution in [0.1, 0.15) is 35.7 Å². The molecule has 2 aromatic carbocycles. The van der Waals surface area contributed by atoms with Crippen LogP contribution in [-0.4, -0.2) is 50.8 Å². The van der Waals surface area contributed by atoms with Gasteiger partial charge < -0.3 is 19.9 Å². The summed E-state index contributed by atoms with van der Waals surface area (Å²) in [5.41, 5.74) is 2.23. The van der Waals surface area contributed by atoms with E-state index in [-0.39, 0.29) is 23.9 Å². The van der Waals surface area contributed by atoms with E-state index in [9.17, 15) is 14.4 Å². The van der Waals surface area contributed by atoms with Crippen molar-refractivity contribution in [2.75, 3.05) is 12.1 Å². The summed E-state index contributed by atoms with van der Waals surface area (Å²) in [5.74, 6) is -0.513. The molecule has 0 saturated carbocycles. The number of aromatic carboxylic acids is 1. The number of aryl methyl sites for hydroxylation is 1. The number of carbonyl (C=O) groups excluding carboxylic acids is 2. The van der Waals surface area contributed by atoms with Crippen LogP contribution < -0.4 is 14.8 Å². The summed E-state index contributed by atoms with van der Waals surface area (Å²) in [6.45, 7) is 2.00. The van der Waals surface area contributed by atoms with Crippen molar-refractivity contribution in [3.63, 3.8) is 0 Å². The molecule has 2 aliphatic rings. The zero-order chi connectivity index (χ0) is 24.2. The molecule has 0 aromatic heterocycles. The molecule has 2 heterocycles. The third kappa shape index (κ3) is 5.37. The van der Waals surface area contributed by atoms with Crippen LogP contribution in [0.15, 0.2) is 47.6 Å². The second kappa shape index (κ2) is 9.96. The number of anilines is 1. The molecule has 2 amide bonds. The van der Waals surface area contributed by atoms with E-state index in [0.717, 1.165) is 28.1 Å². The Morgan fingerprint density at radius 2 is 1.94 bits per heavy atom. The van der Waals surface area contributed by atoms with Gasteiger partial charge in [0.05, 0.1) is 12.0 Å². The van der Waals surface area contributed by atoms with Crippen LogP contribution in [0.25, 0.3) is 0 Å². The Morgan fingerprint density at radius 3 is 2.65 bits per heavy atom. The lowest BCUT2D eigenvalue weighted by molar-refractivity contribution is -0.129. The number of hydrogen-bond donors (Lipinski definition) is 3. The van der Waals surface area contributed by atoms with Gasteiger partial charge in [0.15, 0.2) is 16.7 Å². The van der Waals surface area contributed by atoms with Crippen molar-refractivity contribution < 1.29 is 29.0 Å². The van der Waals surface area contributed by atoms with Crippen LogP contribution in [0.5, 0.6) is 11.5 Å². The molecular weight excluding hydrogens is 460 g/mol. The number of amidine groups is 1. The number of carboxylic acid groups (broad SMARTS) is 1. The lowest BCUT2D eigenvalue weighted by atomic mass is 10.1. The fraction of sp³-hybridized carbons (Fsp3) is 0.261. The normalized spacial score (nSPS) is 17.6. The number of benzene rings is 2. The molecule has 10 nitrogen and oxygen atoms in total. The molecule has 0 radical (unpaired) electrons. The Hall–Kier alpha value is -3.86. The number of rotatable bonds is 7. The molecule has 0 aliphatic carbocycles. The number of carboxylic acids is 1. The Bertz CT molecular complexity index is 1160. The maximum Gasteiger partial charge on any atom is 0.335 e. The lowest BCUT2D eigenvalue weighted by Crippen LogP contribution is -2.42. The Balaban J connectivity index is 1.32. The van der Waals surface area contributed by atoms with Crippen molar-refractivity contribution in [2.24, 2.45) is 5.10 Å². The molecule has 1 saturated heterocycles. The monoisotopic (exact) mass is 482 g/mol. The van der Waals surface area contributed by atoms with Crippen molar-refractivity contribution in [1.82, 2.24) is 5.01 Å². The predicted octanol–water partition coefficient (Wildman–Crippen LogP) is 3.33. The topological polar surface area (TPSA) is 141 Å². The van der Waals surface area contributed by atoms with Gasteiger partial charge in [-0.05, 0) is 61.7 Å². The number of nitrogens with one attached hydrogen (secondary N) is 2. The van der Waals surface area contributed by atoms with Gasteiger partial charge in [0.1, 0.15) is 5.25 Å². The fourth-order valence-electron chi connectivity index (χ4n) is 3.39. The van der Waals surface area contributed by atoms with Gasteiger partial charge in [-0.3, -0.25) is 15.0 Å². The minimum Gasteiger partial charge on any atom is -0.478 e. The number of hydrogen-bond acceptors (Lipinski definition) is 8. The van der Waals surface area contributed by atoms with Gasteiger partial charge in [0.2, 0.25) is 12.7 Å². The van der Waals surface area contributed by atoms with Crippen LogP contribution in [0.4, 0.5) is 5.69 Å². The average Bonchev–Trinajstić information content (AvgIpc) is 3.28. The van der Waals surface area contributed by atoms with Crippen molar-refractivity contribution in [1.29, 1.82) is 5.41 Å². The summed E-state index contributed by atoms with van der Waals surface area (Å²) in [4.78, 5) is 36.1. The van der Waals surface area contributed by atoms with Crippen LogP contribution in [0.3, 0.4) is 0 Å². The fourth-order valence-corrected chi connectivity index (χ4v) is 4.30. The van der Waals surface area contributed by atoms with Crippen LogP contribution in [0, 0.1) is 5.41 Å². The van der Waals surface area contributed by atoms with E-state index < -0.39 is 23.0 Å². The summed E-state index contributed by atoms with van der Waals surface area (Å²) in [6.07, 6.45) is 1.16. The average molecular weight is 483 g/mol. The molecule has 176 valence electrons. The van der Waals surface area contributed by atoms with E-state index in [1.807, 2.05) is 18.2 Å². The van der Waals surface area contributed by atoms with Gasteiger partial charge in [-0.15, -0.1) is 0 Å². The van der Waals surface area contributed by atoms with Gasteiger partial charge >= 0.3 is 5.97 Å². The van der Waals surface area contributed by atoms with Gasteiger partial charge in [0.25, 0.3) is 5.91 Å². The first-order valence-electron chi connectivity index (χ1n) is 10.4. The third-order valence-corrected chi connectivity index (χ3v) is 6.28. The molecule has 1 fully saturated rings. The van der Waals surface area contributed by atoms with Crippen LogP contribution in [-0.2, 0) is 16.0 Å². The van der Waals surface area contributed by atoms with Crippen molar-refractivity contribution in [3.05, 3.63) is 53.6 Å². The molecule has 4 rings (SSSR count). The Morgan fingerprint density at radius 1 is 1.21 bits per heavy atom. The highest BCUT2D eigenvalue weighted by molar-refractivity contribution is 8.14. The molecule has 1 atom stereocenters. The van der Waals surface area contributed by atoms with Gasteiger partial charge in [-0.2, -0.15) is 10.1 Å². The first-order chi connectivity index (χ1) is 16.3. The molecule has 2 aromatic rings. The second-order valence-electron chi connectivity index (χ2n) is 7.72. The van der Waals surface area contributed by atoms with E-state index in [4.69, 9.17) is 20.0 Å². The van der Waals surface area contributed by atoms with Gasteiger partial charge in [-0.1, -0.05) is 17.8 Å². The minimum atomic E-state index is -1.06. The van der Waals surface area contributed by atoms with E-state index in [1.165, 1.54) is 24.3 Å². The minimum absolute atomic E-state index is 0.101. The quantitative estimate of drug-likeness (QED) is 0.514. The van der Waals surface area contributed by atoms with Gasteiger partial charge in [-0.25, -0.2) is 4.79 Å². The lowest BCUT2D eigenvalue weighted by Gasteiger charge is -2.27. The van der Waals surface area contributed by atoms with E-state index in [1.54, 1.807) is 6.92 Å². The van der Waals surface area contributed by atoms with Crippen molar-refractivity contribution in [2.45, 2.75) is 31.4 Å². The highest BCUT2D eigenvalue weighted by atomic mass is 32.2. The molecular formula is C23H22N4O6S. The Kier molecular flexibility index (Phi) is 6.82. The van der Waals surface area contributed by atoms with E-state index >= 15 is 0 Å². The second-order valence-corrected chi connectivity index (χ2v) is 8.91. The summed E-state index contributed by atoms with van der Waals surface area (Å²) in [6, 6.07) is 11.4. The van der Waals surface area contributed by atoms with Crippen LogP contribution in [0.2, 0.25) is 0 Å². The van der Waals surface area contributed by atoms with Gasteiger partial charge in [0, 0.05) is 11.4 Å². The smallest absolute Gasteiger partial charge is 0.335 e. The number of ether oxygens (including phenoxy) is 2. The standard InChI is InChI=1S/C23H22N4O6S/c1-13(2-3-14-4-9-17-18(10-14)33-12-32-17)26-27-20(28)11-19(34-23(27)24)21(29)25-16-7-5-15(6-8-16)22(30)31/h4-10,19,24H,2-3,11-12H2,1H3,(H,25,29)(H,30,31)/b24-23?,26-13+. The zero-order valence-corrected chi connectivity index (χ0v) is 19.1. The highest BCUT2D eigenvalue weighted by Crippen LogP contribution is 2.33. The number of fused-ring (bicyclic) bond motifs is 1.